The maximum absolute atomic E-state index is 13.3. The van der Waals surface area contributed by atoms with Crippen LogP contribution in [0.1, 0.15) is 38.8 Å². The van der Waals surface area contributed by atoms with Crippen LogP contribution < -0.4 is 5.73 Å². The van der Waals surface area contributed by atoms with Crippen LogP contribution in [-0.4, -0.2) is 30.4 Å². The number of aromatic carboxylic acids is 1. The Morgan fingerprint density at radius 3 is 2.33 bits per heavy atom. The van der Waals surface area contributed by atoms with E-state index in [4.69, 9.17) is 5.73 Å². The standard InChI is InChI=1S/C22H20N2O5S/c1-2-14-6-7-16(22(26)27)12-20(14)30(28,29)13-17-11-15(21(23)25)8-9-18(17)19-5-3-4-10-24-19/h3-12H,2,13H2,1H3,(H2,23,25)(H,26,27). The fraction of sp³-hybridized carbons (Fsp3) is 0.136. The quantitative estimate of drug-likeness (QED) is 0.600. The molecule has 0 bridgehead atoms. The largest absolute Gasteiger partial charge is 0.478 e. The molecule has 0 atom stereocenters. The number of carbonyl (C=O) groups is 2. The van der Waals surface area contributed by atoms with Gasteiger partial charge in [-0.2, -0.15) is 0 Å². The van der Waals surface area contributed by atoms with Gasteiger partial charge in [0, 0.05) is 17.3 Å². The van der Waals surface area contributed by atoms with Crippen molar-refractivity contribution in [3.63, 3.8) is 0 Å². The summed E-state index contributed by atoms with van der Waals surface area (Å²) in [6, 6.07) is 13.9. The van der Waals surface area contributed by atoms with E-state index < -0.39 is 27.5 Å². The molecule has 0 aliphatic carbocycles. The second-order valence-corrected chi connectivity index (χ2v) is 8.65. The summed E-state index contributed by atoms with van der Waals surface area (Å²) in [5.74, 6) is -2.32. The van der Waals surface area contributed by atoms with E-state index in [-0.39, 0.29) is 16.0 Å². The van der Waals surface area contributed by atoms with E-state index in [2.05, 4.69) is 4.98 Å². The molecule has 1 amide bonds. The molecule has 0 saturated heterocycles. The number of nitrogens with two attached hydrogens (primary N) is 1. The molecule has 0 unspecified atom stereocenters. The SMILES string of the molecule is CCc1ccc(C(=O)O)cc1S(=O)(=O)Cc1cc(C(N)=O)ccc1-c1ccccn1. The Morgan fingerprint density at radius 1 is 1.00 bits per heavy atom. The van der Waals surface area contributed by atoms with Gasteiger partial charge in [-0.15, -0.1) is 0 Å². The molecule has 3 rings (SSSR count). The summed E-state index contributed by atoms with van der Waals surface area (Å²) in [6.07, 6.45) is 2.00. The van der Waals surface area contributed by atoms with E-state index in [1.165, 1.54) is 30.3 Å². The van der Waals surface area contributed by atoms with Gasteiger partial charge in [0.15, 0.2) is 9.84 Å². The molecule has 30 heavy (non-hydrogen) atoms. The smallest absolute Gasteiger partial charge is 0.335 e. The number of carbonyl (C=O) groups excluding carboxylic acids is 1. The summed E-state index contributed by atoms with van der Waals surface area (Å²) in [4.78, 5) is 27.2. The zero-order valence-electron chi connectivity index (χ0n) is 16.2. The molecule has 1 aromatic heterocycles. The third-order valence-electron chi connectivity index (χ3n) is 4.71. The predicted octanol–water partition coefficient (Wildman–Crippen LogP) is 3.08. The fourth-order valence-corrected chi connectivity index (χ4v) is 4.91. The Labute approximate surface area is 174 Å². The van der Waals surface area contributed by atoms with E-state index >= 15 is 0 Å². The first-order valence-electron chi connectivity index (χ1n) is 9.16. The van der Waals surface area contributed by atoms with E-state index in [1.54, 1.807) is 37.4 Å². The second kappa shape index (κ2) is 8.46. The Hall–Kier alpha value is -3.52. The van der Waals surface area contributed by atoms with Crippen molar-refractivity contribution in [2.75, 3.05) is 0 Å². The number of sulfone groups is 1. The molecule has 0 fully saturated rings. The summed E-state index contributed by atoms with van der Waals surface area (Å²) in [5, 5.41) is 9.26. The minimum Gasteiger partial charge on any atom is -0.478 e. The number of pyridine rings is 1. The van der Waals surface area contributed by atoms with Crippen molar-refractivity contribution in [1.82, 2.24) is 4.98 Å². The number of hydrogen-bond donors (Lipinski definition) is 2. The third-order valence-corrected chi connectivity index (χ3v) is 6.45. The van der Waals surface area contributed by atoms with Crippen LogP contribution >= 0.6 is 0 Å². The first-order valence-corrected chi connectivity index (χ1v) is 10.8. The van der Waals surface area contributed by atoms with Gasteiger partial charge >= 0.3 is 5.97 Å². The molecular weight excluding hydrogens is 404 g/mol. The maximum atomic E-state index is 13.3. The highest BCUT2D eigenvalue weighted by Crippen LogP contribution is 2.29. The van der Waals surface area contributed by atoms with Gasteiger partial charge < -0.3 is 10.8 Å². The molecule has 0 spiro atoms. The molecule has 3 aromatic rings. The second-order valence-electron chi connectivity index (χ2n) is 6.69. The number of benzene rings is 2. The van der Waals surface area contributed by atoms with Crippen molar-refractivity contribution in [2.24, 2.45) is 5.73 Å². The first-order chi connectivity index (χ1) is 14.2. The lowest BCUT2D eigenvalue weighted by Gasteiger charge is -2.14. The molecule has 8 heteroatoms. The van der Waals surface area contributed by atoms with Crippen LogP contribution in [0.3, 0.4) is 0 Å². The molecule has 154 valence electrons. The lowest BCUT2D eigenvalue weighted by molar-refractivity contribution is 0.0696. The van der Waals surface area contributed by atoms with Crippen LogP contribution in [-0.2, 0) is 22.0 Å². The van der Waals surface area contributed by atoms with Gasteiger partial charge in [-0.05, 0) is 53.9 Å². The molecule has 0 aliphatic heterocycles. The van der Waals surface area contributed by atoms with E-state index in [9.17, 15) is 23.1 Å². The molecule has 0 aliphatic rings. The number of rotatable bonds is 7. The molecule has 0 saturated carbocycles. The van der Waals surface area contributed by atoms with Crippen molar-refractivity contribution in [3.8, 4) is 11.3 Å². The van der Waals surface area contributed by atoms with Gasteiger partial charge in [0.05, 0.1) is 21.9 Å². The maximum Gasteiger partial charge on any atom is 0.335 e. The topological polar surface area (TPSA) is 127 Å². The highest BCUT2D eigenvalue weighted by atomic mass is 32.2. The van der Waals surface area contributed by atoms with Crippen molar-refractivity contribution in [1.29, 1.82) is 0 Å². The Kier molecular flexibility index (Phi) is 5.98. The number of nitrogens with zero attached hydrogens (tertiary/aromatic N) is 1. The van der Waals surface area contributed by atoms with Crippen molar-refractivity contribution < 1.29 is 23.1 Å². The van der Waals surface area contributed by atoms with Crippen LogP contribution in [0.15, 0.2) is 65.7 Å². The summed E-state index contributed by atoms with van der Waals surface area (Å²) in [6.45, 7) is 1.79. The summed E-state index contributed by atoms with van der Waals surface area (Å²) < 4.78 is 26.6. The first kappa shape index (κ1) is 21.2. The molecule has 0 radical (unpaired) electrons. The van der Waals surface area contributed by atoms with E-state index in [0.29, 0.717) is 28.8 Å². The fourth-order valence-electron chi connectivity index (χ4n) is 3.19. The monoisotopic (exact) mass is 424 g/mol. The zero-order valence-corrected chi connectivity index (χ0v) is 17.0. The predicted molar refractivity (Wildman–Crippen MR) is 112 cm³/mol. The van der Waals surface area contributed by atoms with Gasteiger partial charge in [0.2, 0.25) is 5.91 Å². The molecule has 2 aromatic carbocycles. The van der Waals surface area contributed by atoms with Gasteiger partial charge in [0.1, 0.15) is 0 Å². The van der Waals surface area contributed by atoms with Crippen molar-refractivity contribution in [2.45, 2.75) is 24.0 Å². The minimum absolute atomic E-state index is 0.0404. The highest BCUT2D eigenvalue weighted by Gasteiger charge is 2.23. The average molecular weight is 424 g/mol. The number of amides is 1. The third kappa shape index (κ3) is 4.38. The van der Waals surface area contributed by atoms with Gasteiger partial charge in [-0.3, -0.25) is 9.78 Å². The van der Waals surface area contributed by atoms with Crippen LogP contribution in [0.5, 0.6) is 0 Å². The highest BCUT2D eigenvalue weighted by molar-refractivity contribution is 7.90. The van der Waals surface area contributed by atoms with Crippen LogP contribution in [0.4, 0.5) is 0 Å². The molecule has 7 nitrogen and oxygen atoms in total. The lowest BCUT2D eigenvalue weighted by atomic mass is 10.0. The van der Waals surface area contributed by atoms with Crippen molar-refractivity contribution >= 4 is 21.7 Å². The summed E-state index contributed by atoms with van der Waals surface area (Å²) in [5.41, 5.74) is 7.42. The number of primary amides is 1. The number of carboxylic acids is 1. The van der Waals surface area contributed by atoms with Crippen LogP contribution in [0, 0.1) is 0 Å². The Bertz CT molecular complexity index is 1220. The van der Waals surface area contributed by atoms with E-state index in [1.807, 2.05) is 0 Å². The van der Waals surface area contributed by atoms with Gasteiger partial charge in [-0.1, -0.05) is 25.1 Å². The molecule has 3 N–H and O–H groups in total. The average Bonchev–Trinajstić information content (AvgIpc) is 2.73. The number of aryl methyl sites for hydroxylation is 1. The summed E-state index contributed by atoms with van der Waals surface area (Å²) in [7, 11) is -3.93. The number of aromatic nitrogens is 1. The van der Waals surface area contributed by atoms with Crippen molar-refractivity contribution in [3.05, 3.63) is 83.0 Å². The Balaban J connectivity index is 2.15. The Morgan fingerprint density at radius 2 is 1.73 bits per heavy atom. The number of hydrogen-bond acceptors (Lipinski definition) is 5. The van der Waals surface area contributed by atoms with E-state index in [0.717, 1.165) is 0 Å². The van der Waals surface area contributed by atoms with Crippen LogP contribution in [0.25, 0.3) is 11.3 Å². The van der Waals surface area contributed by atoms with Crippen LogP contribution in [0.2, 0.25) is 0 Å². The zero-order chi connectivity index (χ0) is 21.9. The van der Waals surface area contributed by atoms with Gasteiger partial charge in [0.25, 0.3) is 0 Å². The number of carboxylic acid groups (broad SMARTS) is 1. The summed E-state index contributed by atoms with van der Waals surface area (Å²) >= 11 is 0. The molecular formula is C22H20N2O5S. The minimum atomic E-state index is -3.93. The lowest BCUT2D eigenvalue weighted by Crippen LogP contribution is -2.14. The normalized spacial score (nSPS) is 11.2. The molecule has 1 heterocycles. The van der Waals surface area contributed by atoms with Gasteiger partial charge in [-0.25, -0.2) is 13.2 Å².